The van der Waals surface area contributed by atoms with Crippen molar-refractivity contribution in [2.45, 2.75) is 20.0 Å². The van der Waals surface area contributed by atoms with Gasteiger partial charge in [-0.05, 0) is 50.2 Å². The van der Waals surface area contributed by atoms with Crippen LogP contribution < -0.4 is 15.4 Å². The van der Waals surface area contributed by atoms with Crippen molar-refractivity contribution in [2.24, 2.45) is 0 Å². The molecule has 6 nitrogen and oxygen atoms in total. The molecule has 0 fully saturated rings. The van der Waals surface area contributed by atoms with E-state index in [9.17, 15) is 13.6 Å². The van der Waals surface area contributed by atoms with Crippen LogP contribution in [0.2, 0.25) is 0 Å². The molecule has 3 rings (SSSR count). The second kappa shape index (κ2) is 8.43. The Balaban J connectivity index is 1.68. The van der Waals surface area contributed by atoms with E-state index in [0.29, 0.717) is 17.1 Å². The zero-order valence-corrected chi connectivity index (χ0v) is 15.2. The zero-order chi connectivity index (χ0) is 20.1. The van der Waals surface area contributed by atoms with Crippen LogP contribution in [0.5, 0.6) is 5.75 Å². The summed E-state index contributed by atoms with van der Waals surface area (Å²) in [6.45, 7) is 3.85. The zero-order valence-electron chi connectivity index (χ0n) is 15.2. The van der Waals surface area contributed by atoms with Crippen LogP contribution in [0.3, 0.4) is 0 Å². The summed E-state index contributed by atoms with van der Waals surface area (Å²) >= 11 is 0. The van der Waals surface area contributed by atoms with Crippen LogP contribution in [-0.4, -0.2) is 22.0 Å². The number of nitrogens with one attached hydrogen (secondary N) is 2. The number of carbonyl (C=O) groups is 1. The van der Waals surface area contributed by atoms with E-state index in [1.165, 1.54) is 18.5 Å². The summed E-state index contributed by atoms with van der Waals surface area (Å²) < 4.78 is 31.9. The van der Waals surface area contributed by atoms with Crippen LogP contribution in [0.4, 0.5) is 26.0 Å². The monoisotopic (exact) mass is 384 g/mol. The summed E-state index contributed by atoms with van der Waals surface area (Å²) in [6.07, 6.45) is 1.26. The van der Waals surface area contributed by atoms with E-state index in [1.54, 1.807) is 24.3 Å². The highest BCUT2D eigenvalue weighted by molar-refractivity contribution is 6.03. The summed E-state index contributed by atoms with van der Waals surface area (Å²) in [6, 6.07) is 11.7. The van der Waals surface area contributed by atoms with Gasteiger partial charge in [0.25, 0.3) is 5.91 Å². The molecule has 1 aromatic heterocycles. The van der Waals surface area contributed by atoms with Crippen LogP contribution in [-0.2, 0) is 0 Å². The van der Waals surface area contributed by atoms with Crippen molar-refractivity contribution in [3.63, 3.8) is 0 Å². The van der Waals surface area contributed by atoms with Gasteiger partial charge >= 0.3 is 0 Å². The standard InChI is InChI=1S/C20H18F2N4O2/c1-12(2)28-15-6-3-13(4-7-15)26-20(27)18-10-19(24-11-23-18)25-14-5-8-16(21)17(22)9-14/h3-12H,1-2H3,(H,26,27)(H,23,24,25). The van der Waals surface area contributed by atoms with Gasteiger partial charge in [-0.3, -0.25) is 4.79 Å². The van der Waals surface area contributed by atoms with Gasteiger partial charge in [0.1, 0.15) is 23.6 Å². The van der Waals surface area contributed by atoms with Crippen LogP contribution in [0.25, 0.3) is 0 Å². The molecule has 8 heteroatoms. The molecule has 0 bridgehead atoms. The number of hydrogen-bond donors (Lipinski definition) is 2. The fraction of sp³-hybridized carbons (Fsp3) is 0.150. The number of aromatic nitrogens is 2. The molecule has 1 heterocycles. The number of anilines is 3. The molecular weight excluding hydrogens is 366 g/mol. The minimum atomic E-state index is -0.984. The fourth-order valence-electron chi connectivity index (χ4n) is 2.36. The molecule has 144 valence electrons. The average molecular weight is 384 g/mol. The highest BCUT2D eigenvalue weighted by Crippen LogP contribution is 2.19. The maximum Gasteiger partial charge on any atom is 0.274 e. The van der Waals surface area contributed by atoms with Crippen LogP contribution in [0, 0.1) is 11.6 Å². The number of ether oxygens (including phenoxy) is 1. The normalized spacial score (nSPS) is 10.6. The van der Waals surface area contributed by atoms with Crippen LogP contribution in [0.1, 0.15) is 24.3 Å². The number of nitrogens with zero attached hydrogens (tertiary/aromatic N) is 2. The third kappa shape index (κ3) is 5.00. The molecule has 0 aliphatic carbocycles. The molecule has 2 aromatic carbocycles. The third-order valence-electron chi connectivity index (χ3n) is 3.58. The Morgan fingerprint density at radius 2 is 1.68 bits per heavy atom. The first-order valence-corrected chi connectivity index (χ1v) is 8.53. The minimum absolute atomic E-state index is 0.0574. The first-order valence-electron chi connectivity index (χ1n) is 8.53. The van der Waals surface area contributed by atoms with Crippen molar-refractivity contribution < 1.29 is 18.3 Å². The van der Waals surface area contributed by atoms with E-state index >= 15 is 0 Å². The first kappa shape index (κ1) is 19.2. The summed E-state index contributed by atoms with van der Waals surface area (Å²) in [5.74, 6) is -1.40. The van der Waals surface area contributed by atoms with Crippen molar-refractivity contribution in [3.05, 3.63) is 72.2 Å². The Morgan fingerprint density at radius 1 is 0.964 bits per heavy atom. The Kier molecular flexibility index (Phi) is 5.78. The Morgan fingerprint density at radius 3 is 2.36 bits per heavy atom. The number of carbonyl (C=O) groups excluding carboxylic acids is 1. The maximum absolute atomic E-state index is 13.3. The molecule has 2 N–H and O–H groups in total. The molecular formula is C20H18F2N4O2. The van der Waals surface area contributed by atoms with Gasteiger partial charge < -0.3 is 15.4 Å². The van der Waals surface area contributed by atoms with E-state index in [2.05, 4.69) is 20.6 Å². The topological polar surface area (TPSA) is 76.1 Å². The van der Waals surface area contributed by atoms with Gasteiger partial charge in [-0.25, -0.2) is 18.7 Å². The quantitative estimate of drug-likeness (QED) is 0.653. The lowest BCUT2D eigenvalue weighted by Gasteiger charge is -2.11. The molecule has 0 aliphatic heterocycles. The van der Waals surface area contributed by atoms with Gasteiger partial charge in [0.2, 0.25) is 0 Å². The number of hydrogen-bond acceptors (Lipinski definition) is 5. The molecule has 0 radical (unpaired) electrons. The maximum atomic E-state index is 13.3. The van der Waals surface area contributed by atoms with Crippen molar-refractivity contribution in [1.82, 2.24) is 9.97 Å². The summed E-state index contributed by atoms with van der Waals surface area (Å²) in [4.78, 5) is 20.3. The van der Waals surface area contributed by atoms with E-state index in [0.717, 1.165) is 12.1 Å². The number of benzene rings is 2. The van der Waals surface area contributed by atoms with Gasteiger partial charge in [-0.2, -0.15) is 0 Å². The Bertz CT molecular complexity index is 978. The summed E-state index contributed by atoms with van der Waals surface area (Å²) in [7, 11) is 0. The molecule has 0 saturated carbocycles. The van der Waals surface area contributed by atoms with Gasteiger partial charge in [0.05, 0.1) is 6.10 Å². The molecule has 28 heavy (non-hydrogen) atoms. The summed E-state index contributed by atoms with van der Waals surface area (Å²) in [5.41, 5.74) is 0.988. The molecule has 0 unspecified atom stereocenters. The molecule has 0 aliphatic rings. The largest absolute Gasteiger partial charge is 0.491 e. The molecule has 0 saturated heterocycles. The molecule has 1 amide bonds. The first-order chi connectivity index (χ1) is 13.4. The highest BCUT2D eigenvalue weighted by Gasteiger charge is 2.10. The summed E-state index contributed by atoms with van der Waals surface area (Å²) in [5, 5.41) is 5.53. The minimum Gasteiger partial charge on any atom is -0.491 e. The van der Waals surface area contributed by atoms with Crippen molar-refractivity contribution >= 4 is 23.1 Å². The lowest BCUT2D eigenvalue weighted by Crippen LogP contribution is -2.14. The second-order valence-corrected chi connectivity index (χ2v) is 6.19. The average Bonchev–Trinajstić information content (AvgIpc) is 2.66. The number of amides is 1. The number of rotatable bonds is 6. The smallest absolute Gasteiger partial charge is 0.274 e. The van der Waals surface area contributed by atoms with E-state index in [1.807, 2.05) is 13.8 Å². The highest BCUT2D eigenvalue weighted by atomic mass is 19.2. The van der Waals surface area contributed by atoms with E-state index in [4.69, 9.17) is 4.74 Å². The van der Waals surface area contributed by atoms with E-state index < -0.39 is 17.5 Å². The fourth-order valence-corrected chi connectivity index (χ4v) is 2.36. The number of halogens is 2. The van der Waals surface area contributed by atoms with E-state index in [-0.39, 0.29) is 17.6 Å². The van der Waals surface area contributed by atoms with Crippen molar-refractivity contribution in [3.8, 4) is 5.75 Å². The van der Waals surface area contributed by atoms with Gasteiger partial charge in [0.15, 0.2) is 11.6 Å². The second-order valence-electron chi connectivity index (χ2n) is 6.19. The van der Waals surface area contributed by atoms with Gasteiger partial charge in [-0.1, -0.05) is 0 Å². The SMILES string of the molecule is CC(C)Oc1ccc(NC(=O)c2cc(Nc3ccc(F)c(F)c3)ncn2)cc1. The molecule has 0 spiro atoms. The van der Waals surface area contributed by atoms with Crippen molar-refractivity contribution in [2.75, 3.05) is 10.6 Å². The van der Waals surface area contributed by atoms with Crippen LogP contribution in [0.15, 0.2) is 54.9 Å². The Hall–Kier alpha value is -3.55. The molecule has 0 atom stereocenters. The predicted molar refractivity (Wildman–Crippen MR) is 102 cm³/mol. The van der Waals surface area contributed by atoms with Gasteiger partial charge in [0, 0.05) is 23.5 Å². The van der Waals surface area contributed by atoms with Crippen molar-refractivity contribution in [1.29, 1.82) is 0 Å². The Labute approximate surface area is 160 Å². The van der Waals surface area contributed by atoms with Crippen LogP contribution >= 0.6 is 0 Å². The lowest BCUT2D eigenvalue weighted by atomic mass is 10.2. The van der Waals surface area contributed by atoms with Gasteiger partial charge in [-0.15, -0.1) is 0 Å². The predicted octanol–water partition coefficient (Wildman–Crippen LogP) is 4.54. The third-order valence-corrected chi connectivity index (χ3v) is 3.58. The lowest BCUT2D eigenvalue weighted by molar-refractivity contribution is 0.102. The molecule has 3 aromatic rings.